The van der Waals surface area contributed by atoms with Crippen molar-refractivity contribution in [2.45, 2.75) is 43.9 Å². The second kappa shape index (κ2) is 2.67. The van der Waals surface area contributed by atoms with Crippen LogP contribution < -0.4 is 0 Å². The summed E-state index contributed by atoms with van der Waals surface area (Å²) in [4.78, 5) is 2.15. The molecule has 0 spiro atoms. The Bertz CT molecular complexity index is 187. The van der Waals surface area contributed by atoms with E-state index < -0.39 is 6.17 Å². The third-order valence-electron chi connectivity index (χ3n) is 3.53. The highest BCUT2D eigenvalue weighted by Gasteiger charge is 2.52. The summed E-state index contributed by atoms with van der Waals surface area (Å²) in [5.41, 5.74) is -0.196. The maximum atomic E-state index is 13.3. The normalized spacial score (nSPS) is 48.2. The fraction of sp³-hybridized carbons (Fsp3) is 1.00. The lowest BCUT2D eigenvalue weighted by atomic mass is 9.95. The van der Waals surface area contributed by atoms with Gasteiger partial charge in [0.05, 0.1) is 6.61 Å². The van der Waals surface area contributed by atoms with Gasteiger partial charge in [-0.25, -0.2) is 4.39 Å². The predicted molar refractivity (Wildman–Crippen MR) is 44.7 cm³/mol. The maximum absolute atomic E-state index is 13.3. The monoisotopic (exact) mass is 173 g/mol. The Kier molecular flexibility index (Phi) is 1.88. The van der Waals surface area contributed by atoms with Gasteiger partial charge in [0.25, 0.3) is 0 Å². The minimum Gasteiger partial charge on any atom is -0.394 e. The number of halogens is 1. The van der Waals surface area contributed by atoms with Crippen molar-refractivity contribution < 1.29 is 9.50 Å². The Hall–Kier alpha value is -0.150. The quantitative estimate of drug-likeness (QED) is 0.638. The van der Waals surface area contributed by atoms with Crippen molar-refractivity contribution in [3.05, 3.63) is 0 Å². The van der Waals surface area contributed by atoms with Crippen LogP contribution in [0.4, 0.5) is 4.39 Å². The van der Waals surface area contributed by atoms with E-state index in [0.717, 1.165) is 19.4 Å². The molecule has 0 aromatic heterocycles. The van der Waals surface area contributed by atoms with Crippen molar-refractivity contribution in [3.63, 3.8) is 0 Å². The fourth-order valence-electron chi connectivity index (χ4n) is 2.78. The lowest BCUT2D eigenvalue weighted by Crippen LogP contribution is -2.44. The molecular formula is C9H16FNO. The van der Waals surface area contributed by atoms with E-state index in [0.29, 0.717) is 6.42 Å². The number of nitrogens with zero attached hydrogens (tertiary/aromatic N) is 1. The summed E-state index contributed by atoms with van der Waals surface area (Å²) in [6.45, 7) is 3.01. The third kappa shape index (κ3) is 0.927. The number of fused-ring (bicyclic) bond motifs is 1. The number of aliphatic hydroxyl groups is 1. The highest BCUT2D eigenvalue weighted by Crippen LogP contribution is 2.42. The largest absolute Gasteiger partial charge is 0.394 e. The molecule has 2 fully saturated rings. The van der Waals surface area contributed by atoms with Gasteiger partial charge in [0.1, 0.15) is 6.17 Å². The molecule has 1 unspecified atom stereocenters. The Labute approximate surface area is 72.4 Å². The summed E-state index contributed by atoms with van der Waals surface area (Å²) in [6.07, 6.45) is 1.87. The summed E-state index contributed by atoms with van der Waals surface area (Å²) in [5, 5.41) is 9.25. The molecule has 2 nitrogen and oxygen atoms in total. The first-order chi connectivity index (χ1) is 5.69. The van der Waals surface area contributed by atoms with E-state index in [1.165, 1.54) is 0 Å². The van der Waals surface area contributed by atoms with Gasteiger partial charge >= 0.3 is 0 Å². The molecule has 2 aliphatic rings. The second-order valence-electron chi connectivity index (χ2n) is 4.14. The van der Waals surface area contributed by atoms with Crippen molar-refractivity contribution in [1.29, 1.82) is 0 Å². The van der Waals surface area contributed by atoms with E-state index in [2.05, 4.69) is 4.90 Å². The van der Waals surface area contributed by atoms with Crippen molar-refractivity contribution in [3.8, 4) is 0 Å². The molecule has 0 aromatic rings. The van der Waals surface area contributed by atoms with Gasteiger partial charge in [0.15, 0.2) is 0 Å². The molecule has 0 aromatic carbocycles. The minimum absolute atomic E-state index is 0.0136. The van der Waals surface area contributed by atoms with Gasteiger partial charge in [-0.3, -0.25) is 4.90 Å². The van der Waals surface area contributed by atoms with Gasteiger partial charge in [0, 0.05) is 18.0 Å². The van der Waals surface area contributed by atoms with Gasteiger partial charge in [-0.15, -0.1) is 0 Å². The van der Waals surface area contributed by atoms with Gasteiger partial charge in [-0.1, -0.05) is 0 Å². The van der Waals surface area contributed by atoms with E-state index in [4.69, 9.17) is 0 Å². The van der Waals surface area contributed by atoms with Crippen molar-refractivity contribution in [1.82, 2.24) is 4.90 Å². The van der Waals surface area contributed by atoms with E-state index in [1.54, 1.807) is 0 Å². The third-order valence-corrected chi connectivity index (χ3v) is 3.53. The average Bonchev–Trinajstić information content (AvgIpc) is 2.55. The molecule has 0 bridgehead atoms. The van der Waals surface area contributed by atoms with Crippen molar-refractivity contribution in [2.75, 3.05) is 13.2 Å². The number of aliphatic hydroxyl groups excluding tert-OH is 1. The van der Waals surface area contributed by atoms with Crippen LogP contribution in [0.1, 0.15) is 26.2 Å². The molecule has 2 saturated heterocycles. The molecule has 2 aliphatic heterocycles. The van der Waals surface area contributed by atoms with E-state index in [1.807, 2.05) is 6.92 Å². The Morgan fingerprint density at radius 3 is 3.00 bits per heavy atom. The lowest BCUT2D eigenvalue weighted by Gasteiger charge is -2.31. The van der Waals surface area contributed by atoms with Crippen molar-refractivity contribution >= 4 is 0 Å². The van der Waals surface area contributed by atoms with Crippen LogP contribution in [-0.2, 0) is 0 Å². The summed E-state index contributed by atoms with van der Waals surface area (Å²) < 4.78 is 13.3. The summed E-state index contributed by atoms with van der Waals surface area (Å²) in [7, 11) is 0. The first kappa shape index (κ1) is 8.45. The Morgan fingerprint density at radius 1 is 1.67 bits per heavy atom. The zero-order valence-corrected chi connectivity index (χ0v) is 7.46. The molecule has 0 radical (unpaired) electrons. The van der Waals surface area contributed by atoms with Crippen LogP contribution >= 0.6 is 0 Å². The summed E-state index contributed by atoms with van der Waals surface area (Å²) in [5.74, 6) is 0. The second-order valence-corrected chi connectivity index (χ2v) is 4.14. The van der Waals surface area contributed by atoms with Gasteiger partial charge in [0.2, 0.25) is 0 Å². The molecule has 0 amide bonds. The molecule has 0 saturated carbocycles. The average molecular weight is 173 g/mol. The lowest BCUT2D eigenvalue weighted by molar-refractivity contribution is 0.0810. The number of hydrogen-bond donors (Lipinski definition) is 1. The zero-order chi connectivity index (χ0) is 8.77. The van der Waals surface area contributed by atoms with Crippen LogP contribution in [0.25, 0.3) is 0 Å². The highest BCUT2D eigenvalue weighted by atomic mass is 19.1. The van der Waals surface area contributed by atoms with Crippen molar-refractivity contribution in [2.24, 2.45) is 0 Å². The number of hydrogen-bond acceptors (Lipinski definition) is 2. The first-order valence-electron chi connectivity index (χ1n) is 4.71. The molecule has 2 rings (SSSR count). The highest BCUT2D eigenvalue weighted by molar-refractivity contribution is 5.06. The van der Waals surface area contributed by atoms with Crippen LogP contribution in [0.3, 0.4) is 0 Å². The minimum atomic E-state index is -0.738. The fourth-order valence-corrected chi connectivity index (χ4v) is 2.78. The first-order valence-corrected chi connectivity index (χ1v) is 4.71. The van der Waals surface area contributed by atoms with E-state index >= 15 is 0 Å². The van der Waals surface area contributed by atoms with E-state index in [-0.39, 0.29) is 18.2 Å². The Balaban J connectivity index is 2.22. The maximum Gasteiger partial charge on any atom is 0.117 e. The SMILES string of the molecule is C[C@@H]1C(F)C[C@@]2(CO)CCCN12. The molecule has 2 heterocycles. The Morgan fingerprint density at radius 2 is 2.42 bits per heavy atom. The van der Waals surface area contributed by atoms with Gasteiger partial charge in [-0.05, 0) is 26.3 Å². The molecule has 1 N–H and O–H groups in total. The molecule has 3 heteroatoms. The van der Waals surface area contributed by atoms with Crippen LogP contribution in [0.5, 0.6) is 0 Å². The standard InChI is InChI=1S/C9H16FNO/c1-7-8(10)5-9(6-12)3-2-4-11(7)9/h7-8,12H,2-6H2,1H3/t7-,8?,9-/m1/s1. The number of rotatable bonds is 1. The smallest absolute Gasteiger partial charge is 0.117 e. The molecule has 3 atom stereocenters. The number of alkyl halides is 1. The van der Waals surface area contributed by atoms with Gasteiger partial charge < -0.3 is 5.11 Å². The molecule has 0 aliphatic carbocycles. The summed E-state index contributed by atoms with van der Waals surface area (Å²) >= 11 is 0. The molecule has 12 heavy (non-hydrogen) atoms. The molecule has 70 valence electrons. The zero-order valence-electron chi connectivity index (χ0n) is 7.46. The van der Waals surface area contributed by atoms with Crippen LogP contribution in [0, 0.1) is 0 Å². The van der Waals surface area contributed by atoms with Crippen LogP contribution in [0.2, 0.25) is 0 Å². The van der Waals surface area contributed by atoms with Gasteiger partial charge in [-0.2, -0.15) is 0 Å². The predicted octanol–water partition coefficient (Wildman–Crippen LogP) is 0.944. The molecular weight excluding hydrogens is 157 g/mol. The van der Waals surface area contributed by atoms with Crippen LogP contribution in [-0.4, -0.2) is 40.9 Å². The summed E-state index contributed by atoms with van der Waals surface area (Å²) in [6, 6.07) is 0.0136. The topological polar surface area (TPSA) is 23.5 Å². The van der Waals surface area contributed by atoms with Crippen LogP contribution in [0.15, 0.2) is 0 Å². The van der Waals surface area contributed by atoms with E-state index in [9.17, 15) is 9.50 Å².